The molecule has 0 radical (unpaired) electrons. The van der Waals surface area contributed by atoms with Crippen molar-refractivity contribution in [1.29, 1.82) is 0 Å². The number of hydrogen-bond acceptors (Lipinski definition) is 3. The summed E-state index contributed by atoms with van der Waals surface area (Å²) in [4.78, 5) is 21.1. The molecule has 1 heterocycles. The van der Waals surface area contributed by atoms with Crippen LogP contribution in [0.1, 0.15) is 36.7 Å². The number of carbonyl (C=O) groups is 1. The number of anilines is 1. The van der Waals surface area contributed by atoms with Gasteiger partial charge in [-0.3, -0.25) is 9.78 Å². The number of pyridine rings is 1. The number of rotatable bonds is 7. The van der Waals surface area contributed by atoms with Crippen molar-refractivity contribution in [1.82, 2.24) is 9.88 Å². The highest BCUT2D eigenvalue weighted by atomic mass is 16.2. The van der Waals surface area contributed by atoms with E-state index in [0.29, 0.717) is 18.7 Å². The Morgan fingerprint density at radius 1 is 1.00 bits per heavy atom. The van der Waals surface area contributed by atoms with Crippen LogP contribution in [0.5, 0.6) is 0 Å². The first-order valence-electron chi connectivity index (χ1n) is 8.22. The fourth-order valence-corrected chi connectivity index (χ4v) is 2.62. The molecular formula is C19H25N3O. The van der Waals surface area contributed by atoms with Gasteiger partial charge in [-0.25, -0.2) is 0 Å². The average Bonchev–Trinajstić information content (AvgIpc) is 2.61. The molecule has 2 aromatic rings. The van der Waals surface area contributed by atoms with E-state index in [1.807, 2.05) is 54.4 Å². The zero-order valence-corrected chi connectivity index (χ0v) is 14.2. The van der Waals surface area contributed by atoms with Crippen LogP contribution in [-0.2, 0) is 6.54 Å². The Kier molecular flexibility index (Phi) is 6.15. The van der Waals surface area contributed by atoms with Gasteiger partial charge in [-0.2, -0.15) is 0 Å². The van der Waals surface area contributed by atoms with Crippen LogP contribution in [0.2, 0.25) is 0 Å². The van der Waals surface area contributed by atoms with Crippen molar-refractivity contribution in [3.8, 4) is 0 Å². The smallest absolute Gasteiger partial charge is 0.255 e. The number of amides is 1. The van der Waals surface area contributed by atoms with E-state index in [2.05, 4.69) is 23.7 Å². The van der Waals surface area contributed by atoms with Gasteiger partial charge in [0.1, 0.15) is 0 Å². The second-order valence-corrected chi connectivity index (χ2v) is 5.41. The maximum atomic E-state index is 12.8. The summed E-state index contributed by atoms with van der Waals surface area (Å²) < 4.78 is 0. The predicted octanol–water partition coefficient (Wildman–Crippen LogP) is 3.59. The molecule has 0 N–H and O–H groups in total. The molecule has 0 saturated carbocycles. The van der Waals surface area contributed by atoms with Crippen LogP contribution in [0.4, 0.5) is 5.69 Å². The summed E-state index contributed by atoms with van der Waals surface area (Å²) in [7, 11) is 0. The molecule has 0 aliphatic carbocycles. The summed E-state index contributed by atoms with van der Waals surface area (Å²) in [5.41, 5.74) is 2.78. The van der Waals surface area contributed by atoms with Gasteiger partial charge in [0.05, 0.1) is 17.4 Å². The van der Waals surface area contributed by atoms with Gasteiger partial charge in [0, 0.05) is 32.4 Å². The van der Waals surface area contributed by atoms with E-state index in [-0.39, 0.29) is 5.91 Å². The lowest BCUT2D eigenvalue weighted by Crippen LogP contribution is -2.30. The second-order valence-electron chi connectivity index (χ2n) is 5.41. The normalized spacial score (nSPS) is 10.4. The maximum absolute atomic E-state index is 12.8. The third-order valence-electron chi connectivity index (χ3n) is 3.98. The molecule has 4 nitrogen and oxygen atoms in total. The predicted molar refractivity (Wildman–Crippen MR) is 94.7 cm³/mol. The summed E-state index contributed by atoms with van der Waals surface area (Å²) in [6.45, 7) is 9.30. The Bertz CT molecular complexity index is 624. The number of hydrogen-bond donors (Lipinski definition) is 0. The summed E-state index contributed by atoms with van der Waals surface area (Å²) in [5, 5.41) is 0. The van der Waals surface area contributed by atoms with Crippen molar-refractivity contribution in [2.45, 2.75) is 27.3 Å². The van der Waals surface area contributed by atoms with Crippen LogP contribution in [0.25, 0.3) is 0 Å². The number of benzene rings is 1. The lowest BCUT2D eigenvalue weighted by molar-refractivity contribution is 0.0752. The molecule has 0 bridgehead atoms. The van der Waals surface area contributed by atoms with Gasteiger partial charge < -0.3 is 9.80 Å². The van der Waals surface area contributed by atoms with Gasteiger partial charge in [-0.1, -0.05) is 30.3 Å². The minimum Gasteiger partial charge on any atom is -0.371 e. The molecule has 1 aromatic heterocycles. The molecule has 0 spiro atoms. The van der Waals surface area contributed by atoms with E-state index in [0.717, 1.165) is 24.3 Å². The van der Waals surface area contributed by atoms with E-state index in [4.69, 9.17) is 0 Å². The summed E-state index contributed by atoms with van der Waals surface area (Å²) >= 11 is 0. The number of nitrogens with zero attached hydrogens (tertiary/aromatic N) is 3. The molecule has 0 unspecified atom stereocenters. The molecule has 2 rings (SSSR count). The van der Waals surface area contributed by atoms with Crippen molar-refractivity contribution in [3.63, 3.8) is 0 Å². The molecule has 0 atom stereocenters. The topological polar surface area (TPSA) is 36.4 Å². The lowest BCUT2D eigenvalue weighted by atomic mass is 10.1. The number of aromatic nitrogens is 1. The largest absolute Gasteiger partial charge is 0.371 e. The third kappa shape index (κ3) is 4.31. The summed E-state index contributed by atoms with van der Waals surface area (Å²) in [6.07, 6.45) is 3.47. The molecule has 0 aliphatic rings. The fraction of sp³-hybridized carbons (Fsp3) is 0.368. The highest BCUT2D eigenvalue weighted by Crippen LogP contribution is 2.16. The third-order valence-corrected chi connectivity index (χ3v) is 3.98. The van der Waals surface area contributed by atoms with Crippen molar-refractivity contribution in [3.05, 3.63) is 59.9 Å². The first-order chi connectivity index (χ1) is 11.2. The van der Waals surface area contributed by atoms with E-state index >= 15 is 0 Å². The van der Waals surface area contributed by atoms with Gasteiger partial charge in [-0.05, 0) is 32.4 Å². The lowest BCUT2D eigenvalue weighted by Gasteiger charge is -2.23. The maximum Gasteiger partial charge on any atom is 0.255 e. The SMILES string of the molecule is CCN(Cc1ccccc1)C(=O)c1cncc(N(CC)CC)c1. The van der Waals surface area contributed by atoms with Gasteiger partial charge in [0.25, 0.3) is 5.91 Å². The van der Waals surface area contributed by atoms with Crippen LogP contribution in [0, 0.1) is 0 Å². The zero-order chi connectivity index (χ0) is 16.7. The van der Waals surface area contributed by atoms with Crippen LogP contribution in [-0.4, -0.2) is 35.4 Å². The van der Waals surface area contributed by atoms with Gasteiger partial charge in [0.2, 0.25) is 0 Å². The summed E-state index contributed by atoms with van der Waals surface area (Å²) in [5.74, 6) is 0.0258. The van der Waals surface area contributed by atoms with Gasteiger partial charge in [0.15, 0.2) is 0 Å². The van der Waals surface area contributed by atoms with Crippen LogP contribution >= 0.6 is 0 Å². The van der Waals surface area contributed by atoms with Gasteiger partial charge in [-0.15, -0.1) is 0 Å². The average molecular weight is 311 g/mol. The van der Waals surface area contributed by atoms with Crippen molar-refractivity contribution in [2.24, 2.45) is 0 Å². The van der Waals surface area contributed by atoms with Gasteiger partial charge >= 0.3 is 0 Å². The number of carbonyl (C=O) groups excluding carboxylic acids is 1. The van der Waals surface area contributed by atoms with Crippen molar-refractivity contribution in [2.75, 3.05) is 24.5 Å². The van der Waals surface area contributed by atoms with E-state index in [9.17, 15) is 4.79 Å². The second kappa shape index (κ2) is 8.32. The van der Waals surface area contributed by atoms with E-state index in [1.54, 1.807) is 6.20 Å². The molecular weight excluding hydrogens is 286 g/mol. The van der Waals surface area contributed by atoms with E-state index in [1.165, 1.54) is 0 Å². The molecule has 1 aromatic carbocycles. The van der Waals surface area contributed by atoms with E-state index < -0.39 is 0 Å². The monoisotopic (exact) mass is 311 g/mol. The molecule has 122 valence electrons. The van der Waals surface area contributed by atoms with Crippen LogP contribution in [0.3, 0.4) is 0 Å². The highest BCUT2D eigenvalue weighted by Gasteiger charge is 2.16. The Hall–Kier alpha value is -2.36. The minimum atomic E-state index is 0.0258. The first-order valence-corrected chi connectivity index (χ1v) is 8.22. The Labute approximate surface area is 138 Å². The molecule has 4 heteroatoms. The minimum absolute atomic E-state index is 0.0258. The zero-order valence-electron chi connectivity index (χ0n) is 14.2. The molecule has 0 aliphatic heterocycles. The highest BCUT2D eigenvalue weighted by molar-refractivity contribution is 5.94. The fourth-order valence-electron chi connectivity index (χ4n) is 2.62. The Morgan fingerprint density at radius 2 is 1.70 bits per heavy atom. The molecule has 0 fully saturated rings. The first kappa shape index (κ1) is 17.0. The van der Waals surface area contributed by atoms with Crippen LogP contribution in [0.15, 0.2) is 48.8 Å². The molecule has 0 saturated heterocycles. The molecule has 23 heavy (non-hydrogen) atoms. The summed E-state index contributed by atoms with van der Waals surface area (Å²) in [6, 6.07) is 12.0. The molecule has 1 amide bonds. The van der Waals surface area contributed by atoms with Crippen LogP contribution < -0.4 is 4.90 Å². The standard InChI is InChI=1S/C19H25N3O/c1-4-21(5-2)18-12-17(13-20-14-18)19(23)22(6-3)15-16-10-8-7-9-11-16/h7-14H,4-6,15H2,1-3H3. The van der Waals surface area contributed by atoms with Crippen molar-refractivity contribution < 1.29 is 4.79 Å². The Balaban J connectivity index is 2.19. The van der Waals surface area contributed by atoms with Crippen molar-refractivity contribution >= 4 is 11.6 Å². The Morgan fingerprint density at radius 3 is 2.30 bits per heavy atom. The quantitative estimate of drug-likeness (QED) is 0.784.